The SMILES string of the molecule is CN1CCCC1CCOc1ccnc(C(=O)O)c1. The first-order valence-electron chi connectivity index (χ1n) is 6.19. The first kappa shape index (κ1) is 12.8. The van der Waals surface area contributed by atoms with Crippen molar-refractivity contribution in [1.29, 1.82) is 0 Å². The lowest BCUT2D eigenvalue weighted by Gasteiger charge is -2.19. The number of nitrogens with zero attached hydrogens (tertiary/aromatic N) is 2. The highest BCUT2D eigenvalue weighted by atomic mass is 16.5. The number of hydrogen-bond donors (Lipinski definition) is 1. The van der Waals surface area contributed by atoms with E-state index >= 15 is 0 Å². The lowest BCUT2D eigenvalue weighted by molar-refractivity contribution is 0.0690. The molecule has 0 radical (unpaired) electrons. The van der Waals surface area contributed by atoms with Crippen molar-refractivity contribution < 1.29 is 14.6 Å². The fourth-order valence-corrected chi connectivity index (χ4v) is 2.27. The molecule has 1 aliphatic heterocycles. The van der Waals surface area contributed by atoms with Gasteiger partial charge in [-0.05, 0) is 38.9 Å². The minimum atomic E-state index is -1.03. The van der Waals surface area contributed by atoms with Crippen LogP contribution in [-0.2, 0) is 0 Å². The summed E-state index contributed by atoms with van der Waals surface area (Å²) >= 11 is 0. The van der Waals surface area contributed by atoms with Crippen molar-refractivity contribution in [2.75, 3.05) is 20.2 Å². The van der Waals surface area contributed by atoms with Gasteiger partial charge in [-0.3, -0.25) is 0 Å². The largest absolute Gasteiger partial charge is 0.493 e. The maximum absolute atomic E-state index is 10.8. The van der Waals surface area contributed by atoms with Crippen LogP contribution in [-0.4, -0.2) is 47.2 Å². The Bertz CT molecular complexity index is 422. The summed E-state index contributed by atoms with van der Waals surface area (Å²) in [6, 6.07) is 3.73. The molecule has 18 heavy (non-hydrogen) atoms. The van der Waals surface area contributed by atoms with E-state index in [1.165, 1.54) is 25.1 Å². The Hall–Kier alpha value is -1.62. The predicted molar refractivity (Wildman–Crippen MR) is 67.0 cm³/mol. The quantitative estimate of drug-likeness (QED) is 0.860. The van der Waals surface area contributed by atoms with Gasteiger partial charge in [0.15, 0.2) is 5.69 Å². The van der Waals surface area contributed by atoms with Crippen LogP contribution in [0.1, 0.15) is 29.8 Å². The van der Waals surface area contributed by atoms with E-state index in [0.29, 0.717) is 18.4 Å². The maximum Gasteiger partial charge on any atom is 0.354 e. The van der Waals surface area contributed by atoms with Gasteiger partial charge in [0, 0.05) is 18.3 Å². The fourth-order valence-electron chi connectivity index (χ4n) is 2.27. The third-order valence-corrected chi connectivity index (χ3v) is 3.34. The van der Waals surface area contributed by atoms with Crippen molar-refractivity contribution in [3.63, 3.8) is 0 Å². The van der Waals surface area contributed by atoms with E-state index in [1.54, 1.807) is 6.07 Å². The summed E-state index contributed by atoms with van der Waals surface area (Å²) in [5, 5.41) is 8.82. The standard InChI is InChI=1S/C13H18N2O3/c1-15-7-2-3-10(15)5-8-18-11-4-6-14-12(9-11)13(16)17/h4,6,9-10H,2-3,5,7-8H2,1H3,(H,16,17). The van der Waals surface area contributed by atoms with Crippen LogP contribution in [0, 0.1) is 0 Å². The summed E-state index contributed by atoms with van der Waals surface area (Å²) in [6.45, 7) is 1.77. The van der Waals surface area contributed by atoms with E-state index < -0.39 is 5.97 Å². The number of carboxylic acids is 1. The van der Waals surface area contributed by atoms with Crippen LogP contribution < -0.4 is 4.74 Å². The molecule has 1 aromatic rings. The van der Waals surface area contributed by atoms with E-state index in [-0.39, 0.29) is 5.69 Å². The molecule has 0 aromatic carbocycles. The highest BCUT2D eigenvalue weighted by Gasteiger charge is 2.20. The zero-order valence-corrected chi connectivity index (χ0v) is 10.5. The second-order valence-corrected chi connectivity index (χ2v) is 4.60. The number of hydrogen-bond acceptors (Lipinski definition) is 4. The highest BCUT2D eigenvalue weighted by molar-refractivity contribution is 5.85. The molecule has 1 aromatic heterocycles. The topological polar surface area (TPSA) is 62.7 Å². The van der Waals surface area contributed by atoms with Gasteiger partial charge in [-0.25, -0.2) is 9.78 Å². The number of aromatic carboxylic acids is 1. The van der Waals surface area contributed by atoms with Crippen LogP contribution in [0.5, 0.6) is 5.75 Å². The first-order valence-corrected chi connectivity index (χ1v) is 6.19. The molecule has 1 atom stereocenters. The molecule has 0 amide bonds. The molecule has 0 aliphatic carbocycles. The molecule has 0 bridgehead atoms. The Labute approximate surface area is 106 Å². The number of aromatic nitrogens is 1. The van der Waals surface area contributed by atoms with Crippen LogP contribution in [0.4, 0.5) is 0 Å². The Morgan fingerprint density at radius 1 is 1.67 bits per heavy atom. The maximum atomic E-state index is 10.8. The summed E-state index contributed by atoms with van der Waals surface area (Å²) in [5.41, 5.74) is 0.0190. The van der Waals surface area contributed by atoms with Crippen LogP contribution in [0.25, 0.3) is 0 Å². The Morgan fingerprint density at radius 2 is 2.50 bits per heavy atom. The molecule has 0 saturated carbocycles. The smallest absolute Gasteiger partial charge is 0.354 e. The van der Waals surface area contributed by atoms with Gasteiger partial charge in [-0.2, -0.15) is 0 Å². The van der Waals surface area contributed by atoms with E-state index in [4.69, 9.17) is 9.84 Å². The molecule has 1 N–H and O–H groups in total. The lowest BCUT2D eigenvalue weighted by Crippen LogP contribution is -2.26. The van der Waals surface area contributed by atoms with Crippen LogP contribution >= 0.6 is 0 Å². The number of carbonyl (C=O) groups is 1. The third-order valence-electron chi connectivity index (χ3n) is 3.34. The minimum absolute atomic E-state index is 0.0190. The van der Waals surface area contributed by atoms with Gasteiger partial charge in [0.1, 0.15) is 5.75 Å². The highest BCUT2D eigenvalue weighted by Crippen LogP contribution is 2.18. The van der Waals surface area contributed by atoms with Crippen LogP contribution in [0.15, 0.2) is 18.3 Å². The molecule has 1 fully saturated rings. The van der Waals surface area contributed by atoms with Gasteiger partial charge in [0.25, 0.3) is 0 Å². The molecule has 1 saturated heterocycles. The molecule has 5 heteroatoms. The third kappa shape index (κ3) is 3.20. The first-order chi connectivity index (χ1) is 8.66. The molecule has 5 nitrogen and oxygen atoms in total. The zero-order valence-electron chi connectivity index (χ0n) is 10.5. The molecule has 2 heterocycles. The summed E-state index contributed by atoms with van der Waals surface area (Å²) in [5.74, 6) is -0.459. The number of rotatable bonds is 5. The number of pyridine rings is 1. The van der Waals surface area contributed by atoms with Crippen molar-refractivity contribution in [2.45, 2.75) is 25.3 Å². The molecule has 2 rings (SSSR count). The Morgan fingerprint density at radius 3 is 3.17 bits per heavy atom. The molecular weight excluding hydrogens is 232 g/mol. The summed E-state index contributed by atoms with van der Waals surface area (Å²) in [4.78, 5) is 16.8. The van der Waals surface area contributed by atoms with Gasteiger partial charge in [0.2, 0.25) is 0 Å². The van der Waals surface area contributed by atoms with Crippen molar-refractivity contribution in [3.05, 3.63) is 24.0 Å². The molecule has 0 spiro atoms. The second kappa shape index (κ2) is 5.82. The van der Waals surface area contributed by atoms with E-state index in [2.05, 4.69) is 16.9 Å². The Kier molecular flexibility index (Phi) is 4.15. The van der Waals surface area contributed by atoms with Gasteiger partial charge < -0.3 is 14.7 Å². The summed E-state index contributed by atoms with van der Waals surface area (Å²) in [7, 11) is 2.13. The van der Waals surface area contributed by atoms with Crippen LogP contribution in [0.3, 0.4) is 0 Å². The summed E-state index contributed by atoms with van der Waals surface area (Å²) < 4.78 is 5.58. The number of likely N-dealkylation sites (tertiary alicyclic amines) is 1. The average molecular weight is 250 g/mol. The average Bonchev–Trinajstić information content (AvgIpc) is 2.76. The van der Waals surface area contributed by atoms with Crippen LogP contribution in [0.2, 0.25) is 0 Å². The Balaban J connectivity index is 1.83. The minimum Gasteiger partial charge on any atom is -0.493 e. The summed E-state index contributed by atoms with van der Waals surface area (Å²) in [6.07, 6.45) is 4.90. The number of carboxylic acid groups (broad SMARTS) is 1. The molecule has 1 aliphatic rings. The van der Waals surface area contributed by atoms with Gasteiger partial charge in [0.05, 0.1) is 6.61 Å². The van der Waals surface area contributed by atoms with Crippen molar-refractivity contribution in [2.24, 2.45) is 0 Å². The molecule has 1 unspecified atom stereocenters. The number of ether oxygens (including phenoxy) is 1. The van der Waals surface area contributed by atoms with E-state index in [0.717, 1.165) is 13.0 Å². The molecular formula is C13H18N2O3. The van der Waals surface area contributed by atoms with Crippen molar-refractivity contribution in [1.82, 2.24) is 9.88 Å². The zero-order chi connectivity index (χ0) is 13.0. The van der Waals surface area contributed by atoms with Crippen molar-refractivity contribution >= 4 is 5.97 Å². The lowest BCUT2D eigenvalue weighted by atomic mass is 10.1. The monoisotopic (exact) mass is 250 g/mol. The predicted octanol–water partition coefficient (Wildman–Crippen LogP) is 1.64. The van der Waals surface area contributed by atoms with Gasteiger partial charge in [-0.15, -0.1) is 0 Å². The molecule has 98 valence electrons. The van der Waals surface area contributed by atoms with Crippen molar-refractivity contribution in [3.8, 4) is 5.75 Å². The normalized spacial score (nSPS) is 19.9. The van der Waals surface area contributed by atoms with Gasteiger partial charge in [-0.1, -0.05) is 0 Å². The van der Waals surface area contributed by atoms with E-state index in [9.17, 15) is 4.79 Å². The fraction of sp³-hybridized carbons (Fsp3) is 0.538. The van der Waals surface area contributed by atoms with Gasteiger partial charge >= 0.3 is 5.97 Å². The second-order valence-electron chi connectivity index (χ2n) is 4.60. The van der Waals surface area contributed by atoms with E-state index in [1.807, 2.05) is 0 Å².